The van der Waals surface area contributed by atoms with Gasteiger partial charge >= 0.3 is 0 Å². The zero-order chi connectivity index (χ0) is 14.8. The molecule has 0 saturated heterocycles. The first kappa shape index (κ1) is 14.4. The fourth-order valence-electron chi connectivity index (χ4n) is 1.50. The second-order valence-electron chi connectivity index (χ2n) is 3.81. The summed E-state index contributed by atoms with van der Waals surface area (Å²) in [6.07, 6.45) is 0. The maximum Gasteiger partial charge on any atom is 0.293 e. The summed E-state index contributed by atoms with van der Waals surface area (Å²) in [6, 6.07) is 3.45. The van der Waals surface area contributed by atoms with Gasteiger partial charge in [-0.15, -0.1) is 11.3 Å². The first-order chi connectivity index (χ1) is 9.38. The lowest BCUT2D eigenvalue weighted by atomic mass is 10.2. The smallest absolute Gasteiger partial charge is 0.293 e. The van der Waals surface area contributed by atoms with Crippen LogP contribution in [0, 0.1) is 10.1 Å². The van der Waals surface area contributed by atoms with Crippen LogP contribution in [-0.4, -0.2) is 18.3 Å². The number of sulfonamides is 1. The molecule has 106 valence electrons. The maximum atomic E-state index is 11.2. The van der Waals surface area contributed by atoms with Crippen LogP contribution in [0.25, 0.3) is 0 Å². The third-order valence-corrected chi connectivity index (χ3v) is 3.98. The molecule has 0 unspecified atom stereocenters. The second kappa shape index (κ2) is 5.53. The van der Waals surface area contributed by atoms with Crippen molar-refractivity contribution in [2.45, 2.75) is 11.4 Å². The highest BCUT2D eigenvalue weighted by Gasteiger charge is 2.18. The van der Waals surface area contributed by atoms with E-state index in [-0.39, 0.29) is 16.3 Å². The Morgan fingerprint density at radius 3 is 2.75 bits per heavy atom. The quantitative estimate of drug-likeness (QED) is 0.632. The highest BCUT2D eigenvalue weighted by atomic mass is 32.2. The van der Waals surface area contributed by atoms with E-state index in [1.165, 1.54) is 23.5 Å². The van der Waals surface area contributed by atoms with Gasteiger partial charge in [-0.3, -0.25) is 10.1 Å². The zero-order valence-electron chi connectivity index (χ0n) is 10.0. The Balaban J connectivity index is 2.31. The molecule has 8 nitrogen and oxygen atoms in total. The van der Waals surface area contributed by atoms with Crippen LogP contribution in [0.1, 0.15) is 5.69 Å². The first-order valence-electron chi connectivity index (χ1n) is 5.30. The standard InChI is InChI=1S/C10H10N4O4S2/c11-20(17,18)8-1-2-9(10(3-8)14(15)16)12-4-7-5-19-6-13-7/h1-3,5-6,12H,4H2,(H2,11,17,18). The molecule has 0 atom stereocenters. The van der Waals surface area contributed by atoms with Crippen LogP contribution in [0.15, 0.2) is 34.0 Å². The van der Waals surface area contributed by atoms with Crippen molar-refractivity contribution >= 4 is 32.7 Å². The summed E-state index contributed by atoms with van der Waals surface area (Å²) in [7, 11) is -3.98. The van der Waals surface area contributed by atoms with Crippen LogP contribution in [-0.2, 0) is 16.6 Å². The minimum absolute atomic E-state index is 0.204. The van der Waals surface area contributed by atoms with Gasteiger partial charge < -0.3 is 5.32 Å². The van der Waals surface area contributed by atoms with Crippen LogP contribution >= 0.6 is 11.3 Å². The highest BCUT2D eigenvalue weighted by molar-refractivity contribution is 7.89. The summed E-state index contributed by atoms with van der Waals surface area (Å²) in [6.45, 7) is 0.305. The van der Waals surface area contributed by atoms with Gasteiger partial charge in [0.25, 0.3) is 5.69 Å². The molecule has 3 N–H and O–H groups in total. The Hall–Kier alpha value is -2.04. The van der Waals surface area contributed by atoms with Crippen LogP contribution in [0.2, 0.25) is 0 Å². The number of aromatic nitrogens is 1. The van der Waals surface area contributed by atoms with Crippen molar-refractivity contribution in [2.24, 2.45) is 5.14 Å². The molecule has 0 bridgehead atoms. The molecule has 0 fully saturated rings. The molecule has 2 rings (SSSR count). The van der Waals surface area contributed by atoms with E-state index < -0.39 is 14.9 Å². The van der Waals surface area contributed by atoms with Crippen molar-refractivity contribution in [1.29, 1.82) is 0 Å². The summed E-state index contributed by atoms with van der Waals surface area (Å²) in [5.74, 6) is 0. The summed E-state index contributed by atoms with van der Waals surface area (Å²) in [5, 5.41) is 20.6. The molecule has 0 aliphatic carbocycles. The Morgan fingerprint density at radius 1 is 1.45 bits per heavy atom. The zero-order valence-corrected chi connectivity index (χ0v) is 11.6. The van der Waals surface area contributed by atoms with Crippen molar-refractivity contribution in [2.75, 3.05) is 5.32 Å². The molecule has 0 radical (unpaired) electrons. The van der Waals surface area contributed by atoms with E-state index in [0.29, 0.717) is 6.54 Å². The van der Waals surface area contributed by atoms with Crippen molar-refractivity contribution in [3.63, 3.8) is 0 Å². The lowest BCUT2D eigenvalue weighted by Gasteiger charge is -2.06. The summed E-state index contributed by atoms with van der Waals surface area (Å²) < 4.78 is 22.4. The van der Waals surface area contributed by atoms with Crippen molar-refractivity contribution in [1.82, 2.24) is 4.98 Å². The van der Waals surface area contributed by atoms with Crippen molar-refractivity contribution in [3.05, 3.63) is 44.9 Å². The Bertz CT molecular complexity index is 728. The molecule has 0 aliphatic rings. The molecular formula is C10H10N4O4S2. The number of nitrogens with one attached hydrogen (secondary N) is 1. The number of nitrogens with two attached hydrogens (primary N) is 1. The number of primary sulfonamides is 1. The monoisotopic (exact) mass is 314 g/mol. The van der Waals surface area contributed by atoms with Gasteiger partial charge in [0.05, 0.1) is 27.6 Å². The normalized spacial score (nSPS) is 11.2. The van der Waals surface area contributed by atoms with E-state index in [2.05, 4.69) is 10.3 Å². The number of nitrogens with zero attached hydrogens (tertiary/aromatic N) is 2. The Morgan fingerprint density at radius 2 is 2.20 bits per heavy atom. The van der Waals surface area contributed by atoms with E-state index >= 15 is 0 Å². The fraction of sp³-hybridized carbons (Fsp3) is 0.100. The Kier molecular flexibility index (Phi) is 3.97. The van der Waals surface area contributed by atoms with Gasteiger partial charge in [0.15, 0.2) is 0 Å². The average molecular weight is 314 g/mol. The van der Waals surface area contributed by atoms with E-state index in [4.69, 9.17) is 5.14 Å². The molecule has 1 aromatic heterocycles. The Labute approximate surface area is 118 Å². The van der Waals surface area contributed by atoms with Crippen LogP contribution in [0.5, 0.6) is 0 Å². The minimum atomic E-state index is -3.98. The molecule has 0 saturated carbocycles. The first-order valence-corrected chi connectivity index (χ1v) is 7.79. The molecule has 10 heteroatoms. The number of rotatable bonds is 5. The highest BCUT2D eigenvalue weighted by Crippen LogP contribution is 2.27. The largest absolute Gasteiger partial charge is 0.374 e. The SMILES string of the molecule is NS(=O)(=O)c1ccc(NCc2cscn2)c([N+](=O)[O-])c1. The van der Waals surface area contributed by atoms with Crippen molar-refractivity contribution in [3.8, 4) is 0 Å². The van der Waals surface area contributed by atoms with Gasteiger partial charge in [-0.1, -0.05) is 0 Å². The third kappa shape index (κ3) is 3.29. The number of nitro benzene ring substituents is 1. The van der Waals surface area contributed by atoms with Gasteiger partial charge in [-0.2, -0.15) is 0 Å². The predicted octanol–water partition coefficient (Wildman–Crippen LogP) is 1.31. The maximum absolute atomic E-state index is 11.2. The lowest BCUT2D eigenvalue weighted by Crippen LogP contribution is -2.13. The molecule has 1 heterocycles. The average Bonchev–Trinajstić information content (AvgIpc) is 2.88. The molecule has 2 aromatic rings. The lowest BCUT2D eigenvalue weighted by molar-refractivity contribution is -0.384. The number of hydrogen-bond donors (Lipinski definition) is 2. The van der Waals surface area contributed by atoms with Crippen LogP contribution < -0.4 is 10.5 Å². The van der Waals surface area contributed by atoms with Crippen molar-refractivity contribution < 1.29 is 13.3 Å². The number of thiazole rings is 1. The number of benzene rings is 1. The van der Waals surface area contributed by atoms with Crippen LogP contribution in [0.3, 0.4) is 0 Å². The predicted molar refractivity (Wildman–Crippen MR) is 73.9 cm³/mol. The fourth-order valence-corrected chi connectivity index (χ4v) is 2.59. The molecule has 20 heavy (non-hydrogen) atoms. The molecule has 0 amide bonds. The summed E-state index contributed by atoms with van der Waals surface area (Å²) >= 11 is 1.41. The molecular weight excluding hydrogens is 304 g/mol. The van der Waals surface area contributed by atoms with E-state index in [0.717, 1.165) is 11.8 Å². The van der Waals surface area contributed by atoms with Gasteiger partial charge in [0, 0.05) is 11.4 Å². The van der Waals surface area contributed by atoms with Gasteiger partial charge in [0.1, 0.15) is 5.69 Å². The van der Waals surface area contributed by atoms with Gasteiger partial charge in [0.2, 0.25) is 10.0 Å². The van der Waals surface area contributed by atoms with E-state index in [1.54, 1.807) is 10.9 Å². The minimum Gasteiger partial charge on any atom is -0.374 e. The summed E-state index contributed by atoms with van der Waals surface area (Å²) in [4.78, 5) is 14.0. The molecule has 0 spiro atoms. The third-order valence-electron chi connectivity index (χ3n) is 2.44. The van der Waals surface area contributed by atoms with Gasteiger partial charge in [-0.05, 0) is 12.1 Å². The number of nitro groups is 1. The van der Waals surface area contributed by atoms with Crippen LogP contribution in [0.4, 0.5) is 11.4 Å². The van der Waals surface area contributed by atoms with Gasteiger partial charge in [-0.25, -0.2) is 18.5 Å². The van der Waals surface area contributed by atoms with E-state index in [9.17, 15) is 18.5 Å². The molecule has 1 aromatic carbocycles. The summed E-state index contributed by atoms with van der Waals surface area (Å²) in [5.41, 5.74) is 2.23. The van der Waals surface area contributed by atoms with E-state index in [1.807, 2.05) is 0 Å². The molecule has 0 aliphatic heterocycles. The number of anilines is 1. The second-order valence-corrected chi connectivity index (χ2v) is 6.09. The number of hydrogen-bond acceptors (Lipinski definition) is 7. The topological polar surface area (TPSA) is 128 Å².